The van der Waals surface area contributed by atoms with Crippen molar-refractivity contribution in [3.63, 3.8) is 0 Å². The van der Waals surface area contributed by atoms with Crippen LogP contribution in [0.3, 0.4) is 0 Å². The number of fused-ring (bicyclic) bond motifs is 1. The van der Waals surface area contributed by atoms with Crippen molar-refractivity contribution in [2.45, 2.75) is 5.92 Å². The molecule has 0 aliphatic carbocycles. The molecule has 34 heavy (non-hydrogen) atoms. The highest BCUT2D eigenvalue weighted by Crippen LogP contribution is 2.36. The average Bonchev–Trinajstić information content (AvgIpc) is 2.85. The van der Waals surface area contributed by atoms with Crippen LogP contribution in [0.2, 0.25) is 0 Å². The molecule has 0 aliphatic rings. The zero-order chi connectivity index (χ0) is 24.3. The van der Waals surface area contributed by atoms with E-state index in [1.807, 2.05) is 0 Å². The number of halogens is 3. The maximum atomic E-state index is 14.7. The van der Waals surface area contributed by atoms with Crippen molar-refractivity contribution in [3.05, 3.63) is 78.4 Å². The van der Waals surface area contributed by atoms with Crippen molar-refractivity contribution in [2.24, 2.45) is 0 Å². The van der Waals surface area contributed by atoms with Gasteiger partial charge in [-0.05, 0) is 54.6 Å². The first-order chi connectivity index (χ1) is 16.3. The molecule has 7 nitrogen and oxygen atoms in total. The minimum Gasteiger partial charge on any atom is -0.493 e. The summed E-state index contributed by atoms with van der Waals surface area (Å²) in [5.41, 5.74) is 0.0374. The lowest BCUT2D eigenvalue weighted by Crippen LogP contribution is -2.32. The smallest absolute Gasteiger partial charge is 0.350 e. The maximum Gasteiger partial charge on any atom is 0.350 e. The third kappa shape index (κ3) is 4.56. The van der Waals surface area contributed by atoms with Crippen LogP contribution in [-0.4, -0.2) is 30.1 Å². The summed E-state index contributed by atoms with van der Waals surface area (Å²) in [6, 6.07) is 12.5. The van der Waals surface area contributed by atoms with Crippen molar-refractivity contribution in [1.29, 1.82) is 0 Å². The highest BCUT2D eigenvalue weighted by molar-refractivity contribution is 5.96. The molecular weight excluding hydrogens is 451 g/mol. The number of hydrogen-bond acceptors (Lipinski definition) is 6. The van der Waals surface area contributed by atoms with Gasteiger partial charge in [0.1, 0.15) is 17.9 Å². The van der Waals surface area contributed by atoms with E-state index in [9.17, 15) is 18.0 Å². The molecule has 0 fully saturated rings. The van der Waals surface area contributed by atoms with Crippen molar-refractivity contribution in [1.82, 2.24) is 9.97 Å². The lowest BCUT2D eigenvalue weighted by Gasteiger charge is -2.17. The fraction of sp³-hybridized carbons (Fsp3) is 0.125. The summed E-state index contributed by atoms with van der Waals surface area (Å²) < 4.78 is 58.6. The number of benzene rings is 3. The Hall–Kier alpha value is -4.34. The van der Waals surface area contributed by atoms with Gasteiger partial charge in [0.05, 0.1) is 25.1 Å². The molecule has 1 amide bonds. The molecule has 3 aromatic carbocycles. The number of carbonyl (C=O) groups is 1. The summed E-state index contributed by atoms with van der Waals surface area (Å²) in [6.45, 7) is 0. The SMILES string of the molecule is COc1cc2ncnc(Oc3ccc(C(F)(F)C(=O)Nc4ccc(F)cc4)cc3)c2cc1OC. The topological polar surface area (TPSA) is 82.6 Å². The number of nitrogens with one attached hydrogen (secondary N) is 1. The summed E-state index contributed by atoms with van der Waals surface area (Å²) in [5, 5.41) is 2.60. The summed E-state index contributed by atoms with van der Waals surface area (Å²) >= 11 is 0. The number of amides is 1. The quantitative estimate of drug-likeness (QED) is 0.395. The van der Waals surface area contributed by atoms with Gasteiger partial charge in [-0.1, -0.05) is 0 Å². The van der Waals surface area contributed by atoms with Gasteiger partial charge < -0.3 is 19.5 Å². The number of aromatic nitrogens is 2. The van der Waals surface area contributed by atoms with Gasteiger partial charge in [0, 0.05) is 17.3 Å². The van der Waals surface area contributed by atoms with Gasteiger partial charge >= 0.3 is 5.92 Å². The molecule has 0 radical (unpaired) electrons. The van der Waals surface area contributed by atoms with Gasteiger partial charge in [-0.2, -0.15) is 8.78 Å². The molecule has 174 valence electrons. The van der Waals surface area contributed by atoms with Gasteiger partial charge in [-0.15, -0.1) is 0 Å². The number of carbonyl (C=O) groups excluding carboxylic acids is 1. The van der Waals surface area contributed by atoms with Crippen LogP contribution in [0, 0.1) is 5.82 Å². The first kappa shape index (κ1) is 22.8. The zero-order valence-electron chi connectivity index (χ0n) is 18.0. The van der Waals surface area contributed by atoms with Crippen molar-refractivity contribution in [2.75, 3.05) is 19.5 Å². The van der Waals surface area contributed by atoms with Crippen molar-refractivity contribution in [3.8, 4) is 23.1 Å². The first-order valence-corrected chi connectivity index (χ1v) is 9.92. The number of nitrogens with zero attached hydrogens (tertiary/aromatic N) is 2. The zero-order valence-corrected chi connectivity index (χ0v) is 18.0. The van der Waals surface area contributed by atoms with Gasteiger partial charge in [0.15, 0.2) is 11.5 Å². The Morgan fingerprint density at radius 2 is 1.56 bits per heavy atom. The third-order valence-electron chi connectivity index (χ3n) is 4.92. The molecule has 0 saturated carbocycles. The Balaban J connectivity index is 1.55. The van der Waals surface area contributed by atoms with E-state index in [-0.39, 0.29) is 17.3 Å². The highest BCUT2D eigenvalue weighted by atomic mass is 19.3. The van der Waals surface area contributed by atoms with Gasteiger partial charge in [-0.3, -0.25) is 4.79 Å². The minimum absolute atomic E-state index is 0.0497. The van der Waals surface area contributed by atoms with Crippen molar-refractivity contribution < 1.29 is 32.2 Å². The molecule has 0 aliphatic heterocycles. The molecule has 0 spiro atoms. The van der Waals surface area contributed by atoms with E-state index in [0.29, 0.717) is 22.4 Å². The van der Waals surface area contributed by atoms with Crippen LogP contribution in [0.25, 0.3) is 10.9 Å². The predicted molar refractivity (Wildman–Crippen MR) is 118 cm³/mol. The Bertz CT molecular complexity index is 1330. The molecule has 0 atom stereocenters. The van der Waals surface area contributed by atoms with Crippen LogP contribution >= 0.6 is 0 Å². The number of hydrogen-bond donors (Lipinski definition) is 1. The minimum atomic E-state index is -3.83. The molecule has 4 aromatic rings. The summed E-state index contributed by atoms with van der Waals surface area (Å²) in [6.07, 6.45) is 1.30. The standard InChI is InChI=1S/C24H18F3N3O4/c1-32-20-11-18-19(12-21(20)33-2)28-13-29-22(18)34-17-9-3-14(4-10-17)24(26,27)23(31)30-16-7-5-15(25)6-8-16/h3-13H,1-2H3,(H,30,31). The van der Waals surface area contributed by atoms with Crippen LogP contribution in [0.5, 0.6) is 23.1 Å². The second-order valence-electron chi connectivity index (χ2n) is 7.07. The van der Waals surface area contributed by atoms with E-state index in [1.54, 1.807) is 12.1 Å². The number of ether oxygens (including phenoxy) is 3. The normalized spacial score (nSPS) is 11.2. The van der Waals surface area contributed by atoms with E-state index in [4.69, 9.17) is 14.2 Å². The lowest BCUT2D eigenvalue weighted by atomic mass is 10.1. The molecule has 1 aromatic heterocycles. The fourth-order valence-corrected chi connectivity index (χ4v) is 3.16. The molecule has 1 heterocycles. The average molecular weight is 469 g/mol. The number of rotatable bonds is 7. The Morgan fingerprint density at radius 1 is 0.912 bits per heavy atom. The van der Waals surface area contributed by atoms with Crippen LogP contribution < -0.4 is 19.5 Å². The summed E-state index contributed by atoms with van der Waals surface area (Å²) in [4.78, 5) is 20.4. The van der Waals surface area contributed by atoms with Gasteiger partial charge in [0.2, 0.25) is 5.88 Å². The largest absolute Gasteiger partial charge is 0.493 e. The summed E-state index contributed by atoms with van der Waals surface area (Å²) in [7, 11) is 2.98. The molecule has 4 rings (SSSR count). The molecule has 0 saturated heterocycles. The summed E-state index contributed by atoms with van der Waals surface area (Å²) in [5.74, 6) is -4.61. The third-order valence-corrected chi connectivity index (χ3v) is 4.92. The molecule has 1 N–H and O–H groups in total. The fourth-order valence-electron chi connectivity index (χ4n) is 3.16. The monoisotopic (exact) mass is 469 g/mol. The second kappa shape index (κ2) is 9.26. The Labute approximate surface area is 192 Å². The molecule has 10 heteroatoms. The van der Waals surface area contributed by atoms with Crippen molar-refractivity contribution >= 4 is 22.5 Å². The second-order valence-corrected chi connectivity index (χ2v) is 7.07. The number of anilines is 1. The highest BCUT2D eigenvalue weighted by Gasteiger charge is 2.41. The van der Waals surface area contributed by atoms with Gasteiger partial charge in [0.25, 0.3) is 5.91 Å². The van der Waals surface area contributed by atoms with Crippen LogP contribution in [0.15, 0.2) is 67.0 Å². The van der Waals surface area contributed by atoms with E-state index in [0.717, 1.165) is 24.3 Å². The Kier molecular flexibility index (Phi) is 6.22. The van der Waals surface area contributed by atoms with Gasteiger partial charge in [-0.25, -0.2) is 14.4 Å². The molecule has 0 bridgehead atoms. The van der Waals surface area contributed by atoms with Crippen LogP contribution in [-0.2, 0) is 10.7 Å². The van der Waals surface area contributed by atoms with E-state index >= 15 is 0 Å². The molecular formula is C24H18F3N3O4. The maximum absolute atomic E-state index is 14.7. The Morgan fingerprint density at radius 3 is 2.21 bits per heavy atom. The van der Waals surface area contributed by atoms with Crippen LogP contribution in [0.1, 0.15) is 5.56 Å². The van der Waals surface area contributed by atoms with E-state index in [1.165, 1.54) is 44.8 Å². The van der Waals surface area contributed by atoms with E-state index < -0.39 is 23.2 Å². The first-order valence-electron chi connectivity index (χ1n) is 9.92. The number of methoxy groups -OCH3 is 2. The van der Waals surface area contributed by atoms with Crippen LogP contribution in [0.4, 0.5) is 18.9 Å². The number of alkyl halides is 2. The lowest BCUT2D eigenvalue weighted by molar-refractivity contribution is -0.140. The molecule has 0 unspecified atom stereocenters. The predicted octanol–water partition coefficient (Wildman–Crippen LogP) is 5.31. The van der Waals surface area contributed by atoms with E-state index in [2.05, 4.69) is 15.3 Å².